The molecule has 4 saturated carbocycles. The first-order valence-electron chi connectivity index (χ1n) is 20.6. The SMILES string of the molecule is CC(=CCCC(C)(O)C1CCC2(C)C1CCC1C3(C)CCC(OC4OC(CO)C(O)C(O)C4OC4OCC(O)C(O)C4O)C(C)(C)C3CC(O)C12CO)CO. The molecule has 0 amide bonds. The van der Waals surface area contributed by atoms with Gasteiger partial charge in [0.05, 0.1) is 44.2 Å². The van der Waals surface area contributed by atoms with Crippen molar-refractivity contribution >= 4 is 0 Å². The zero-order valence-corrected chi connectivity index (χ0v) is 33.5. The van der Waals surface area contributed by atoms with Gasteiger partial charge in [0, 0.05) is 5.41 Å². The first-order valence-corrected chi connectivity index (χ1v) is 20.6. The number of hydrogen-bond donors (Lipinski definition) is 10. The summed E-state index contributed by atoms with van der Waals surface area (Å²) in [4.78, 5) is 0. The Kier molecular flexibility index (Phi) is 12.7. The molecule has 2 saturated heterocycles. The van der Waals surface area contributed by atoms with Crippen molar-refractivity contribution in [1.29, 1.82) is 0 Å². The second-order valence-electron chi connectivity index (χ2n) is 19.5. The molecule has 6 aliphatic rings. The molecule has 55 heavy (non-hydrogen) atoms. The fourth-order valence-corrected chi connectivity index (χ4v) is 13.2. The van der Waals surface area contributed by atoms with Crippen molar-refractivity contribution in [2.24, 2.45) is 45.3 Å². The molecule has 2 aliphatic heterocycles. The van der Waals surface area contributed by atoms with E-state index in [0.29, 0.717) is 32.1 Å². The van der Waals surface area contributed by atoms with Gasteiger partial charge >= 0.3 is 0 Å². The van der Waals surface area contributed by atoms with Crippen molar-refractivity contribution in [3.63, 3.8) is 0 Å². The molecule has 4 aliphatic carbocycles. The van der Waals surface area contributed by atoms with Gasteiger partial charge in [0.1, 0.15) is 42.7 Å². The van der Waals surface area contributed by atoms with Crippen LogP contribution in [0, 0.1) is 45.3 Å². The minimum atomic E-state index is -1.66. The summed E-state index contributed by atoms with van der Waals surface area (Å²) < 4.78 is 24.1. The van der Waals surface area contributed by atoms with Crippen LogP contribution in [0.15, 0.2) is 11.6 Å². The molecule has 10 N–H and O–H groups in total. The van der Waals surface area contributed by atoms with Gasteiger partial charge in [-0.3, -0.25) is 0 Å². The van der Waals surface area contributed by atoms with Gasteiger partial charge in [-0.2, -0.15) is 0 Å². The first-order chi connectivity index (χ1) is 25.7. The minimum absolute atomic E-state index is 0.00614. The van der Waals surface area contributed by atoms with E-state index in [1.54, 1.807) is 0 Å². The molecule has 0 aromatic rings. The van der Waals surface area contributed by atoms with E-state index in [4.69, 9.17) is 18.9 Å². The predicted molar refractivity (Wildman–Crippen MR) is 198 cm³/mol. The summed E-state index contributed by atoms with van der Waals surface area (Å²) in [6, 6.07) is 0. The van der Waals surface area contributed by atoms with E-state index in [-0.39, 0.29) is 48.9 Å². The quantitative estimate of drug-likeness (QED) is 0.103. The molecule has 14 nitrogen and oxygen atoms in total. The molecule has 19 unspecified atom stereocenters. The van der Waals surface area contributed by atoms with E-state index < -0.39 is 96.0 Å². The zero-order valence-electron chi connectivity index (χ0n) is 33.5. The largest absolute Gasteiger partial charge is 0.396 e. The van der Waals surface area contributed by atoms with E-state index in [1.807, 2.05) is 19.9 Å². The van der Waals surface area contributed by atoms with Gasteiger partial charge in [-0.05, 0) is 112 Å². The van der Waals surface area contributed by atoms with Crippen molar-refractivity contribution in [3.8, 4) is 0 Å². The molecule has 2 heterocycles. The molecule has 19 atom stereocenters. The summed E-state index contributed by atoms with van der Waals surface area (Å²) in [5.41, 5.74) is -2.12. The third kappa shape index (κ3) is 7.09. The predicted octanol–water partition coefficient (Wildman–Crippen LogP) is 0.733. The summed E-state index contributed by atoms with van der Waals surface area (Å²) in [5.74, 6) is 0.0592. The van der Waals surface area contributed by atoms with E-state index in [9.17, 15) is 51.1 Å². The second kappa shape index (κ2) is 16.0. The summed E-state index contributed by atoms with van der Waals surface area (Å²) >= 11 is 0. The van der Waals surface area contributed by atoms with E-state index in [0.717, 1.165) is 31.3 Å². The maximum absolute atomic E-state index is 12.5. The van der Waals surface area contributed by atoms with E-state index >= 15 is 0 Å². The molecule has 6 rings (SSSR count). The van der Waals surface area contributed by atoms with Gasteiger partial charge in [0.2, 0.25) is 0 Å². The zero-order chi connectivity index (χ0) is 40.5. The Morgan fingerprint density at radius 2 is 1.55 bits per heavy atom. The highest BCUT2D eigenvalue weighted by Gasteiger charge is 2.74. The van der Waals surface area contributed by atoms with Gasteiger partial charge in [-0.1, -0.05) is 39.3 Å². The van der Waals surface area contributed by atoms with Crippen LogP contribution in [0.3, 0.4) is 0 Å². The van der Waals surface area contributed by atoms with Crippen LogP contribution in [0.4, 0.5) is 0 Å². The molecular weight excluding hydrogens is 716 g/mol. The number of aliphatic hydroxyl groups excluding tert-OH is 9. The van der Waals surface area contributed by atoms with Crippen LogP contribution in [-0.4, -0.2) is 151 Å². The smallest absolute Gasteiger partial charge is 0.187 e. The summed E-state index contributed by atoms with van der Waals surface area (Å²) in [6.45, 7) is 11.4. The molecule has 0 spiro atoms. The molecule has 0 aromatic heterocycles. The number of aliphatic hydroxyl groups is 10. The van der Waals surface area contributed by atoms with Crippen LogP contribution in [0.5, 0.6) is 0 Å². The maximum Gasteiger partial charge on any atom is 0.187 e. The Hall–Kier alpha value is -0.820. The minimum Gasteiger partial charge on any atom is -0.396 e. The van der Waals surface area contributed by atoms with Crippen LogP contribution in [0.1, 0.15) is 99.3 Å². The fourth-order valence-electron chi connectivity index (χ4n) is 13.2. The lowest BCUT2D eigenvalue weighted by Crippen LogP contribution is -2.71. The Bertz CT molecular complexity index is 1360. The molecule has 318 valence electrons. The lowest BCUT2D eigenvalue weighted by molar-refractivity contribution is -0.372. The maximum atomic E-state index is 12.5. The standard InChI is InChI=1S/C41H70O14/c1-21(17-42)8-7-13-40(6,51)23-11-15-39(5)22(23)9-10-26-38(4)14-12-29(37(2,3)27(38)16-28(46)41(26,39)20-44)54-36-34(32(49)31(48)25(18-43)53-36)55-35-33(50)30(47)24(45)19-52-35/h8,22-36,42-51H,7,9-20H2,1-6H3. The van der Waals surface area contributed by atoms with Gasteiger partial charge in [0.25, 0.3) is 0 Å². The third-order valence-electron chi connectivity index (χ3n) is 16.4. The highest BCUT2D eigenvalue weighted by Crippen LogP contribution is 2.76. The van der Waals surface area contributed by atoms with Crippen LogP contribution in [0.25, 0.3) is 0 Å². The van der Waals surface area contributed by atoms with Crippen LogP contribution < -0.4 is 0 Å². The van der Waals surface area contributed by atoms with E-state index in [1.165, 1.54) is 0 Å². The van der Waals surface area contributed by atoms with Crippen molar-refractivity contribution in [2.45, 2.75) is 172 Å². The Morgan fingerprint density at radius 3 is 2.20 bits per heavy atom. The third-order valence-corrected chi connectivity index (χ3v) is 16.4. The van der Waals surface area contributed by atoms with Crippen molar-refractivity contribution < 1.29 is 70.0 Å². The molecule has 6 fully saturated rings. The Labute approximate surface area is 325 Å². The highest BCUT2D eigenvalue weighted by atomic mass is 16.8. The van der Waals surface area contributed by atoms with Gasteiger partial charge < -0.3 is 70.0 Å². The number of ether oxygens (including phenoxy) is 4. The number of fused-ring (bicyclic) bond motifs is 5. The monoisotopic (exact) mass is 786 g/mol. The van der Waals surface area contributed by atoms with Crippen molar-refractivity contribution in [1.82, 2.24) is 0 Å². The summed E-state index contributed by atoms with van der Waals surface area (Å²) in [6.07, 6.45) is -6.28. The van der Waals surface area contributed by atoms with Gasteiger partial charge in [0.15, 0.2) is 12.6 Å². The molecule has 0 bridgehead atoms. The molecule has 0 aromatic carbocycles. The van der Waals surface area contributed by atoms with Gasteiger partial charge in [-0.15, -0.1) is 0 Å². The fraction of sp³-hybridized carbons (Fsp3) is 0.951. The average Bonchev–Trinajstić information content (AvgIpc) is 3.51. The number of allylic oxidation sites excluding steroid dienone is 1. The van der Waals surface area contributed by atoms with E-state index in [2.05, 4.69) is 27.7 Å². The molecular formula is C41H70O14. The highest BCUT2D eigenvalue weighted by molar-refractivity contribution is 5.22. The molecule has 0 radical (unpaired) electrons. The molecule has 14 heteroatoms. The van der Waals surface area contributed by atoms with Crippen LogP contribution >= 0.6 is 0 Å². The topological polar surface area (TPSA) is 239 Å². The lowest BCUT2D eigenvalue weighted by Gasteiger charge is -2.71. The Balaban J connectivity index is 1.24. The van der Waals surface area contributed by atoms with Gasteiger partial charge in [-0.25, -0.2) is 0 Å². The number of hydrogen-bond acceptors (Lipinski definition) is 14. The summed E-state index contributed by atoms with van der Waals surface area (Å²) in [5, 5.41) is 108. The Morgan fingerprint density at radius 1 is 0.836 bits per heavy atom. The van der Waals surface area contributed by atoms with Crippen molar-refractivity contribution in [3.05, 3.63) is 11.6 Å². The number of rotatable bonds is 11. The van der Waals surface area contributed by atoms with Crippen molar-refractivity contribution in [2.75, 3.05) is 26.4 Å². The second-order valence-corrected chi connectivity index (χ2v) is 19.5. The first kappa shape index (κ1) is 43.8. The van der Waals surface area contributed by atoms with Crippen LogP contribution in [0.2, 0.25) is 0 Å². The summed E-state index contributed by atoms with van der Waals surface area (Å²) in [7, 11) is 0. The lowest BCUT2D eigenvalue weighted by atomic mass is 9.34. The normalized spacial score (nSPS) is 51.1. The average molecular weight is 787 g/mol. The van der Waals surface area contributed by atoms with Crippen LogP contribution in [-0.2, 0) is 18.9 Å².